The lowest BCUT2D eigenvalue weighted by molar-refractivity contribution is -0.146. The first-order valence-corrected chi connectivity index (χ1v) is 6.83. The molecule has 0 spiro atoms. The van der Waals surface area contributed by atoms with E-state index in [9.17, 15) is 14.7 Å². The average Bonchev–Trinajstić information content (AvgIpc) is 2.37. The molecule has 2 amide bonds. The van der Waals surface area contributed by atoms with Crippen LogP contribution in [0.5, 0.6) is 0 Å². The third kappa shape index (κ3) is 4.26. The summed E-state index contributed by atoms with van der Waals surface area (Å²) >= 11 is 0. The number of carboxylic acid groups (broad SMARTS) is 1. The van der Waals surface area contributed by atoms with Crippen LogP contribution in [0.3, 0.4) is 0 Å². The van der Waals surface area contributed by atoms with E-state index in [-0.39, 0.29) is 0 Å². The zero-order chi connectivity index (χ0) is 14.5. The Morgan fingerprint density at radius 1 is 1.37 bits per heavy atom. The Morgan fingerprint density at radius 3 is 2.37 bits per heavy atom. The molecule has 0 heterocycles. The van der Waals surface area contributed by atoms with Crippen molar-refractivity contribution in [2.75, 3.05) is 6.54 Å². The van der Waals surface area contributed by atoms with Crippen LogP contribution in [0.2, 0.25) is 0 Å². The number of amides is 2. The van der Waals surface area contributed by atoms with E-state index < -0.39 is 17.5 Å². The summed E-state index contributed by atoms with van der Waals surface area (Å²) in [5.41, 5.74) is -0.278. The summed E-state index contributed by atoms with van der Waals surface area (Å²) in [6.45, 7) is 7.97. The fourth-order valence-corrected chi connectivity index (χ4v) is 2.46. The Bertz CT molecular complexity index is 358. The smallest absolute Gasteiger partial charge is 0.329 e. The molecule has 0 bridgehead atoms. The molecule has 0 unspecified atom stereocenters. The molecule has 0 saturated heterocycles. The molecule has 1 rings (SSSR count). The van der Waals surface area contributed by atoms with Gasteiger partial charge in [-0.3, -0.25) is 0 Å². The molecule has 0 aromatic heterocycles. The highest BCUT2D eigenvalue weighted by Gasteiger charge is 2.42. The molecule has 0 aliphatic heterocycles. The molecule has 5 heteroatoms. The van der Waals surface area contributed by atoms with Crippen molar-refractivity contribution < 1.29 is 14.7 Å². The zero-order valence-electron chi connectivity index (χ0n) is 11.8. The molecule has 0 atom stereocenters. The molecule has 108 valence electrons. The van der Waals surface area contributed by atoms with Crippen LogP contribution < -0.4 is 10.6 Å². The Hall–Kier alpha value is -1.52. The minimum Gasteiger partial charge on any atom is -0.480 e. The number of rotatable bonds is 5. The lowest BCUT2D eigenvalue weighted by atomic mass is 9.75. The summed E-state index contributed by atoms with van der Waals surface area (Å²) in [5, 5.41) is 14.7. The monoisotopic (exact) mass is 268 g/mol. The van der Waals surface area contributed by atoms with Gasteiger partial charge in [0, 0.05) is 6.54 Å². The topological polar surface area (TPSA) is 78.4 Å². The molecular formula is C14H24N2O3. The number of hydrogen-bond acceptors (Lipinski definition) is 2. The fourth-order valence-electron chi connectivity index (χ4n) is 2.46. The van der Waals surface area contributed by atoms with Gasteiger partial charge in [-0.1, -0.05) is 25.5 Å². The second-order valence-corrected chi connectivity index (χ2v) is 5.50. The number of urea groups is 1. The lowest BCUT2D eigenvalue weighted by Gasteiger charge is -2.37. The first-order valence-electron chi connectivity index (χ1n) is 6.83. The molecule has 0 aromatic rings. The van der Waals surface area contributed by atoms with Gasteiger partial charge in [0.15, 0.2) is 0 Å². The van der Waals surface area contributed by atoms with E-state index in [1.54, 1.807) is 6.92 Å². The van der Waals surface area contributed by atoms with Crippen LogP contribution >= 0.6 is 0 Å². The fraction of sp³-hybridized carbons (Fsp3) is 0.714. The van der Waals surface area contributed by atoms with Crippen molar-refractivity contribution in [3.8, 4) is 0 Å². The number of carbonyl (C=O) groups is 2. The maximum absolute atomic E-state index is 11.7. The van der Waals surface area contributed by atoms with E-state index >= 15 is 0 Å². The number of carboxylic acids is 1. The molecule has 0 aromatic carbocycles. The first kappa shape index (κ1) is 15.5. The van der Waals surface area contributed by atoms with Crippen LogP contribution in [0.4, 0.5) is 4.79 Å². The van der Waals surface area contributed by atoms with Crippen LogP contribution in [-0.4, -0.2) is 29.2 Å². The van der Waals surface area contributed by atoms with Crippen LogP contribution in [0.1, 0.15) is 46.0 Å². The summed E-state index contributed by atoms with van der Waals surface area (Å²) in [7, 11) is 0. The summed E-state index contributed by atoms with van der Waals surface area (Å²) in [6.07, 6.45) is 3.77. The minimum absolute atomic E-state index is 0.360. The summed E-state index contributed by atoms with van der Waals surface area (Å²) in [4.78, 5) is 23.2. The third-order valence-electron chi connectivity index (χ3n) is 3.85. The van der Waals surface area contributed by atoms with Crippen molar-refractivity contribution in [2.45, 2.75) is 51.5 Å². The van der Waals surface area contributed by atoms with Gasteiger partial charge in [0.05, 0.1) is 0 Å². The SMILES string of the molecule is C=C(C)CNC(=O)NC1(C(=O)O)CCC(CC)CC1. The van der Waals surface area contributed by atoms with E-state index in [0.29, 0.717) is 25.3 Å². The molecule has 1 aliphatic rings. The van der Waals surface area contributed by atoms with Crippen LogP contribution in [0.15, 0.2) is 12.2 Å². The summed E-state index contributed by atoms with van der Waals surface area (Å²) < 4.78 is 0. The zero-order valence-corrected chi connectivity index (χ0v) is 11.8. The van der Waals surface area contributed by atoms with Gasteiger partial charge in [0.2, 0.25) is 0 Å². The number of nitrogens with one attached hydrogen (secondary N) is 2. The third-order valence-corrected chi connectivity index (χ3v) is 3.85. The second-order valence-electron chi connectivity index (χ2n) is 5.50. The predicted octanol–water partition coefficient (Wildman–Crippen LogP) is 2.29. The Morgan fingerprint density at radius 2 is 1.95 bits per heavy atom. The molecule has 3 N–H and O–H groups in total. The van der Waals surface area contributed by atoms with Crippen LogP contribution in [0, 0.1) is 5.92 Å². The van der Waals surface area contributed by atoms with E-state index in [0.717, 1.165) is 24.8 Å². The normalized spacial score (nSPS) is 26.5. The van der Waals surface area contributed by atoms with Crippen molar-refractivity contribution in [1.29, 1.82) is 0 Å². The van der Waals surface area contributed by atoms with Crippen molar-refractivity contribution in [3.05, 3.63) is 12.2 Å². The van der Waals surface area contributed by atoms with Crippen molar-refractivity contribution in [2.24, 2.45) is 5.92 Å². The summed E-state index contributed by atoms with van der Waals surface area (Å²) in [5.74, 6) is -0.361. The molecular weight excluding hydrogens is 244 g/mol. The van der Waals surface area contributed by atoms with Crippen molar-refractivity contribution in [3.63, 3.8) is 0 Å². The highest BCUT2D eigenvalue weighted by atomic mass is 16.4. The Labute approximate surface area is 114 Å². The molecule has 5 nitrogen and oxygen atoms in total. The lowest BCUT2D eigenvalue weighted by Crippen LogP contribution is -2.58. The van der Waals surface area contributed by atoms with E-state index in [4.69, 9.17) is 0 Å². The van der Waals surface area contributed by atoms with Gasteiger partial charge in [-0.05, 0) is 38.5 Å². The Balaban J connectivity index is 2.61. The quantitative estimate of drug-likeness (QED) is 0.669. The minimum atomic E-state index is -1.11. The maximum Gasteiger partial charge on any atom is 0.329 e. The van der Waals surface area contributed by atoms with Crippen molar-refractivity contribution in [1.82, 2.24) is 10.6 Å². The van der Waals surface area contributed by atoms with Crippen molar-refractivity contribution >= 4 is 12.0 Å². The Kier molecular flexibility index (Phi) is 5.39. The van der Waals surface area contributed by atoms with Gasteiger partial charge in [-0.25, -0.2) is 9.59 Å². The highest BCUT2D eigenvalue weighted by molar-refractivity contribution is 5.86. The van der Waals surface area contributed by atoms with Gasteiger partial charge in [-0.15, -0.1) is 0 Å². The second kappa shape index (κ2) is 6.59. The number of hydrogen-bond donors (Lipinski definition) is 3. The van der Waals surface area contributed by atoms with Gasteiger partial charge in [0.25, 0.3) is 0 Å². The highest BCUT2D eigenvalue weighted by Crippen LogP contribution is 2.33. The van der Waals surface area contributed by atoms with E-state index in [1.807, 2.05) is 0 Å². The molecule has 1 aliphatic carbocycles. The van der Waals surface area contributed by atoms with Gasteiger partial charge in [0.1, 0.15) is 5.54 Å². The number of aliphatic carboxylic acids is 1. The molecule has 1 fully saturated rings. The molecule has 1 saturated carbocycles. The van der Waals surface area contributed by atoms with Gasteiger partial charge < -0.3 is 15.7 Å². The van der Waals surface area contributed by atoms with Gasteiger partial charge >= 0.3 is 12.0 Å². The average molecular weight is 268 g/mol. The standard InChI is InChI=1S/C14H24N2O3/c1-4-11-5-7-14(8-6-11,12(17)18)16-13(19)15-9-10(2)3/h11H,2,4-9H2,1,3H3,(H,17,18)(H2,15,16,19). The van der Waals surface area contributed by atoms with Crippen LogP contribution in [-0.2, 0) is 4.79 Å². The van der Waals surface area contributed by atoms with E-state index in [2.05, 4.69) is 24.1 Å². The molecule has 0 radical (unpaired) electrons. The number of carbonyl (C=O) groups excluding carboxylic acids is 1. The summed E-state index contributed by atoms with van der Waals surface area (Å²) in [6, 6.07) is -0.430. The first-order chi connectivity index (χ1) is 8.89. The predicted molar refractivity (Wildman–Crippen MR) is 74.0 cm³/mol. The van der Waals surface area contributed by atoms with Gasteiger partial charge in [-0.2, -0.15) is 0 Å². The largest absolute Gasteiger partial charge is 0.480 e. The van der Waals surface area contributed by atoms with E-state index in [1.165, 1.54) is 0 Å². The molecule has 19 heavy (non-hydrogen) atoms. The van der Waals surface area contributed by atoms with Crippen LogP contribution in [0.25, 0.3) is 0 Å². The maximum atomic E-state index is 11.7.